The van der Waals surface area contributed by atoms with Gasteiger partial charge in [-0.15, -0.1) is 0 Å². The molecular weight excluding hydrogens is 252 g/mol. The van der Waals surface area contributed by atoms with Gasteiger partial charge in [0.25, 0.3) is 0 Å². The van der Waals surface area contributed by atoms with Crippen molar-refractivity contribution >= 4 is 11.6 Å². The van der Waals surface area contributed by atoms with Crippen molar-refractivity contribution in [1.82, 2.24) is 9.97 Å². The predicted molar refractivity (Wildman–Crippen MR) is 82.5 cm³/mol. The first-order valence-corrected chi connectivity index (χ1v) is 7.54. The Hall–Kier alpha value is -1.36. The van der Waals surface area contributed by atoms with Gasteiger partial charge in [-0.3, -0.25) is 0 Å². The third-order valence-corrected chi connectivity index (χ3v) is 3.77. The summed E-state index contributed by atoms with van der Waals surface area (Å²) in [7, 11) is 2.11. The zero-order chi connectivity index (χ0) is 14.5. The molecule has 2 rings (SSSR count). The molecule has 1 atom stereocenters. The van der Waals surface area contributed by atoms with E-state index >= 15 is 0 Å². The Morgan fingerprint density at radius 1 is 1.45 bits per heavy atom. The van der Waals surface area contributed by atoms with Crippen LogP contribution in [0.2, 0.25) is 0 Å². The molecule has 112 valence electrons. The lowest BCUT2D eigenvalue weighted by Gasteiger charge is -2.28. The number of anilines is 2. The fourth-order valence-corrected chi connectivity index (χ4v) is 2.58. The normalized spacial score (nSPS) is 18.6. The number of ether oxygens (including phenoxy) is 1. The molecule has 1 aliphatic rings. The van der Waals surface area contributed by atoms with E-state index in [2.05, 4.69) is 48.0 Å². The summed E-state index contributed by atoms with van der Waals surface area (Å²) in [5.74, 6) is 2.39. The molecule has 0 amide bonds. The number of rotatable bonds is 6. The molecule has 1 aromatic heterocycles. The van der Waals surface area contributed by atoms with E-state index in [0.29, 0.717) is 12.0 Å². The van der Waals surface area contributed by atoms with Crippen molar-refractivity contribution in [3.05, 3.63) is 11.9 Å². The molecule has 1 N–H and O–H groups in total. The van der Waals surface area contributed by atoms with Crippen LogP contribution >= 0.6 is 0 Å². The van der Waals surface area contributed by atoms with Crippen LogP contribution in [-0.2, 0) is 4.74 Å². The van der Waals surface area contributed by atoms with E-state index in [0.717, 1.165) is 44.2 Å². The monoisotopic (exact) mass is 278 g/mol. The fraction of sp³-hybridized carbons (Fsp3) is 0.733. The number of aromatic nitrogens is 2. The number of hydrogen-bond donors (Lipinski definition) is 1. The van der Waals surface area contributed by atoms with Gasteiger partial charge < -0.3 is 15.0 Å². The standard InChI is InChI=1S/C15H26N4O/c1-5-7-16-14-13(11(2)3)15(18-10-17-14)19(4)12-6-8-20-9-12/h10-12H,5-9H2,1-4H3,(H,16,17,18). The Balaban J connectivity index is 2.30. The second-order valence-electron chi connectivity index (χ2n) is 5.67. The Morgan fingerprint density at radius 2 is 2.25 bits per heavy atom. The van der Waals surface area contributed by atoms with Crippen molar-refractivity contribution in [2.45, 2.75) is 45.6 Å². The molecule has 5 nitrogen and oxygen atoms in total. The van der Waals surface area contributed by atoms with Crippen LogP contribution < -0.4 is 10.2 Å². The topological polar surface area (TPSA) is 50.3 Å². The van der Waals surface area contributed by atoms with Crippen LogP contribution in [0.25, 0.3) is 0 Å². The minimum Gasteiger partial charge on any atom is -0.379 e. The largest absolute Gasteiger partial charge is 0.379 e. The summed E-state index contributed by atoms with van der Waals surface area (Å²) in [4.78, 5) is 11.2. The minimum atomic E-state index is 0.385. The van der Waals surface area contributed by atoms with Gasteiger partial charge in [-0.1, -0.05) is 20.8 Å². The Bertz CT molecular complexity index is 430. The van der Waals surface area contributed by atoms with Crippen molar-refractivity contribution in [3.8, 4) is 0 Å². The third kappa shape index (κ3) is 3.20. The van der Waals surface area contributed by atoms with Gasteiger partial charge >= 0.3 is 0 Å². The van der Waals surface area contributed by atoms with E-state index in [1.54, 1.807) is 6.33 Å². The van der Waals surface area contributed by atoms with Crippen LogP contribution in [0.15, 0.2) is 6.33 Å². The minimum absolute atomic E-state index is 0.385. The van der Waals surface area contributed by atoms with E-state index < -0.39 is 0 Å². The lowest BCUT2D eigenvalue weighted by molar-refractivity contribution is 0.193. The summed E-state index contributed by atoms with van der Waals surface area (Å²) >= 11 is 0. The van der Waals surface area contributed by atoms with Gasteiger partial charge in [0.1, 0.15) is 18.0 Å². The molecule has 20 heavy (non-hydrogen) atoms. The van der Waals surface area contributed by atoms with E-state index in [1.165, 1.54) is 5.56 Å². The summed E-state index contributed by atoms with van der Waals surface area (Å²) in [6, 6.07) is 0.418. The third-order valence-electron chi connectivity index (χ3n) is 3.77. The number of likely N-dealkylation sites (N-methyl/N-ethyl adjacent to an activating group) is 1. The van der Waals surface area contributed by atoms with E-state index in [1.807, 2.05) is 0 Å². The Labute approximate surface area is 121 Å². The molecule has 1 aliphatic heterocycles. The molecule has 2 heterocycles. The number of nitrogens with one attached hydrogen (secondary N) is 1. The first-order chi connectivity index (χ1) is 9.65. The maximum Gasteiger partial charge on any atom is 0.137 e. The van der Waals surface area contributed by atoms with Crippen LogP contribution in [-0.4, -0.2) is 42.8 Å². The fourth-order valence-electron chi connectivity index (χ4n) is 2.58. The molecule has 0 bridgehead atoms. The van der Waals surface area contributed by atoms with Crippen LogP contribution in [0.4, 0.5) is 11.6 Å². The van der Waals surface area contributed by atoms with Crippen LogP contribution in [0.1, 0.15) is 45.1 Å². The second-order valence-corrected chi connectivity index (χ2v) is 5.67. The average molecular weight is 278 g/mol. The zero-order valence-corrected chi connectivity index (χ0v) is 13.0. The van der Waals surface area contributed by atoms with Gasteiger partial charge in [-0.05, 0) is 18.8 Å². The smallest absolute Gasteiger partial charge is 0.137 e. The molecule has 0 radical (unpaired) electrons. The Kier molecular flexibility index (Phi) is 5.17. The van der Waals surface area contributed by atoms with Gasteiger partial charge in [0.05, 0.1) is 12.6 Å². The van der Waals surface area contributed by atoms with Crippen molar-refractivity contribution < 1.29 is 4.74 Å². The van der Waals surface area contributed by atoms with Gasteiger partial charge in [0.2, 0.25) is 0 Å². The molecule has 1 unspecified atom stereocenters. The van der Waals surface area contributed by atoms with Crippen molar-refractivity contribution in [2.24, 2.45) is 0 Å². The Morgan fingerprint density at radius 3 is 2.85 bits per heavy atom. The molecule has 5 heteroatoms. The average Bonchev–Trinajstić information content (AvgIpc) is 2.97. The quantitative estimate of drug-likeness (QED) is 0.867. The van der Waals surface area contributed by atoms with E-state index in [9.17, 15) is 0 Å². The summed E-state index contributed by atoms with van der Waals surface area (Å²) in [6.07, 6.45) is 3.81. The molecule has 0 aliphatic carbocycles. The second kappa shape index (κ2) is 6.88. The molecule has 0 aromatic carbocycles. The SMILES string of the molecule is CCCNc1ncnc(N(C)C2CCOC2)c1C(C)C. The summed E-state index contributed by atoms with van der Waals surface area (Å²) < 4.78 is 5.49. The highest BCUT2D eigenvalue weighted by molar-refractivity contribution is 5.60. The molecule has 1 fully saturated rings. The summed E-state index contributed by atoms with van der Waals surface area (Å²) in [5.41, 5.74) is 1.20. The lowest BCUT2D eigenvalue weighted by Crippen LogP contribution is -2.33. The maximum atomic E-state index is 5.49. The van der Waals surface area contributed by atoms with Crippen molar-refractivity contribution in [1.29, 1.82) is 0 Å². The highest BCUT2D eigenvalue weighted by atomic mass is 16.5. The predicted octanol–water partition coefficient (Wildman–Crippen LogP) is 2.65. The van der Waals surface area contributed by atoms with E-state index in [-0.39, 0.29) is 0 Å². The number of hydrogen-bond acceptors (Lipinski definition) is 5. The zero-order valence-electron chi connectivity index (χ0n) is 13.0. The highest BCUT2D eigenvalue weighted by Crippen LogP contribution is 2.32. The van der Waals surface area contributed by atoms with Crippen LogP contribution in [0.5, 0.6) is 0 Å². The first-order valence-electron chi connectivity index (χ1n) is 7.54. The summed E-state index contributed by atoms with van der Waals surface area (Å²) in [6.45, 7) is 9.11. The van der Waals surface area contributed by atoms with Crippen LogP contribution in [0.3, 0.4) is 0 Å². The van der Waals surface area contributed by atoms with E-state index in [4.69, 9.17) is 4.74 Å². The summed E-state index contributed by atoms with van der Waals surface area (Å²) in [5, 5.41) is 3.42. The molecule has 1 aromatic rings. The number of nitrogens with zero attached hydrogens (tertiary/aromatic N) is 3. The molecule has 1 saturated heterocycles. The van der Waals surface area contributed by atoms with Gasteiger partial charge in [-0.2, -0.15) is 0 Å². The van der Waals surface area contributed by atoms with Crippen molar-refractivity contribution in [3.63, 3.8) is 0 Å². The maximum absolute atomic E-state index is 5.49. The highest BCUT2D eigenvalue weighted by Gasteiger charge is 2.25. The first kappa shape index (κ1) is 15.0. The van der Waals surface area contributed by atoms with Gasteiger partial charge in [0, 0.05) is 25.8 Å². The lowest BCUT2D eigenvalue weighted by atomic mass is 10.0. The molecular formula is C15H26N4O. The van der Waals surface area contributed by atoms with Crippen LogP contribution in [0, 0.1) is 0 Å². The van der Waals surface area contributed by atoms with Gasteiger partial charge in [-0.25, -0.2) is 9.97 Å². The molecule has 0 saturated carbocycles. The molecule has 0 spiro atoms. The van der Waals surface area contributed by atoms with Gasteiger partial charge in [0.15, 0.2) is 0 Å². The van der Waals surface area contributed by atoms with Crippen molar-refractivity contribution in [2.75, 3.05) is 37.0 Å².